The van der Waals surface area contributed by atoms with E-state index < -0.39 is 4.92 Å². The van der Waals surface area contributed by atoms with E-state index in [1.54, 1.807) is 6.07 Å². The van der Waals surface area contributed by atoms with E-state index in [4.69, 9.17) is 11.6 Å². The number of nitro groups is 1. The molecule has 0 saturated carbocycles. The van der Waals surface area contributed by atoms with Crippen LogP contribution in [0.1, 0.15) is 15.9 Å². The van der Waals surface area contributed by atoms with Crippen LogP contribution < -0.4 is 0 Å². The maximum Gasteiger partial charge on any atom is 0.279 e. The molecule has 0 bridgehead atoms. The highest BCUT2D eigenvalue weighted by atomic mass is 35.5. The SMILES string of the molecule is O=Cc1cc(SCc2ccc(Cl)cc2)ccc1[N+](=O)[O-]. The Bertz CT molecular complexity index is 643. The van der Waals surface area contributed by atoms with Gasteiger partial charge in [0.25, 0.3) is 5.69 Å². The Hall–Kier alpha value is -1.85. The third kappa shape index (κ3) is 3.59. The number of aldehydes is 1. The zero-order valence-electron chi connectivity index (χ0n) is 10.3. The lowest BCUT2D eigenvalue weighted by Gasteiger charge is -2.03. The summed E-state index contributed by atoms with van der Waals surface area (Å²) in [6, 6.07) is 12.0. The molecule has 2 aromatic carbocycles. The standard InChI is InChI=1S/C14H10ClNO3S/c15-12-3-1-10(2-4-12)9-20-13-5-6-14(16(18)19)11(7-13)8-17/h1-8H,9H2. The van der Waals surface area contributed by atoms with Crippen LogP contribution in [0.4, 0.5) is 5.69 Å². The summed E-state index contributed by atoms with van der Waals surface area (Å²) in [7, 11) is 0. The first-order valence-electron chi connectivity index (χ1n) is 5.71. The molecule has 0 aliphatic rings. The van der Waals surface area contributed by atoms with Gasteiger partial charge in [0, 0.05) is 21.7 Å². The number of rotatable bonds is 5. The third-order valence-corrected chi connectivity index (χ3v) is 3.96. The minimum absolute atomic E-state index is 0.0936. The summed E-state index contributed by atoms with van der Waals surface area (Å²) in [5.74, 6) is 0.702. The minimum Gasteiger partial charge on any atom is -0.298 e. The molecule has 6 heteroatoms. The monoisotopic (exact) mass is 307 g/mol. The number of carbonyl (C=O) groups excluding carboxylic acids is 1. The molecular formula is C14H10ClNO3S. The van der Waals surface area contributed by atoms with E-state index in [1.807, 2.05) is 24.3 Å². The molecule has 0 radical (unpaired) electrons. The van der Waals surface area contributed by atoms with Crippen molar-refractivity contribution in [2.75, 3.05) is 0 Å². The summed E-state index contributed by atoms with van der Waals surface area (Å²) in [5, 5.41) is 11.4. The van der Waals surface area contributed by atoms with Gasteiger partial charge in [-0.2, -0.15) is 0 Å². The second kappa shape index (κ2) is 6.54. The lowest BCUT2D eigenvalue weighted by atomic mass is 10.2. The number of benzene rings is 2. The first kappa shape index (κ1) is 14.6. The molecule has 0 aliphatic heterocycles. The predicted octanol–water partition coefficient (Wildman–Crippen LogP) is 4.35. The van der Waals surface area contributed by atoms with Crippen LogP contribution in [0.2, 0.25) is 5.02 Å². The van der Waals surface area contributed by atoms with Crippen LogP contribution in [0, 0.1) is 10.1 Å². The molecule has 0 amide bonds. The Labute approximate surface area is 124 Å². The van der Waals surface area contributed by atoms with Gasteiger partial charge in [-0.05, 0) is 29.8 Å². The van der Waals surface area contributed by atoms with Crippen molar-refractivity contribution in [3.8, 4) is 0 Å². The molecular weight excluding hydrogens is 298 g/mol. The van der Waals surface area contributed by atoms with Gasteiger partial charge in [0.2, 0.25) is 0 Å². The quantitative estimate of drug-likeness (QED) is 0.356. The molecule has 0 spiro atoms. The Balaban J connectivity index is 2.12. The number of thioether (sulfide) groups is 1. The zero-order valence-corrected chi connectivity index (χ0v) is 11.9. The van der Waals surface area contributed by atoms with Crippen LogP contribution in [0.3, 0.4) is 0 Å². The summed E-state index contributed by atoms with van der Waals surface area (Å²) >= 11 is 7.31. The van der Waals surface area contributed by atoms with Crippen molar-refractivity contribution < 1.29 is 9.72 Å². The molecule has 2 rings (SSSR count). The van der Waals surface area contributed by atoms with E-state index in [0.29, 0.717) is 17.1 Å². The smallest absolute Gasteiger partial charge is 0.279 e. The molecule has 0 heterocycles. The average Bonchev–Trinajstić information content (AvgIpc) is 2.46. The molecule has 102 valence electrons. The molecule has 0 N–H and O–H groups in total. The Kier molecular flexibility index (Phi) is 4.76. The van der Waals surface area contributed by atoms with Crippen molar-refractivity contribution in [2.24, 2.45) is 0 Å². The third-order valence-electron chi connectivity index (χ3n) is 2.64. The number of hydrogen-bond acceptors (Lipinski definition) is 4. The van der Waals surface area contributed by atoms with E-state index in [1.165, 1.54) is 23.9 Å². The van der Waals surface area contributed by atoms with Gasteiger partial charge >= 0.3 is 0 Å². The number of nitrogens with zero attached hydrogens (tertiary/aromatic N) is 1. The summed E-state index contributed by atoms with van der Waals surface area (Å²) in [5.41, 5.74) is 1.01. The van der Waals surface area contributed by atoms with E-state index in [2.05, 4.69) is 0 Å². The lowest BCUT2D eigenvalue weighted by molar-refractivity contribution is -0.385. The predicted molar refractivity (Wildman–Crippen MR) is 79.5 cm³/mol. The second-order valence-electron chi connectivity index (χ2n) is 4.01. The molecule has 20 heavy (non-hydrogen) atoms. The largest absolute Gasteiger partial charge is 0.298 e. The van der Waals surface area contributed by atoms with E-state index >= 15 is 0 Å². The van der Waals surface area contributed by atoms with Gasteiger partial charge in [-0.25, -0.2) is 0 Å². The van der Waals surface area contributed by atoms with Crippen molar-refractivity contribution in [3.63, 3.8) is 0 Å². The summed E-state index contributed by atoms with van der Waals surface area (Å²) in [6.07, 6.45) is 0.504. The van der Waals surface area contributed by atoms with Crippen LogP contribution in [-0.2, 0) is 5.75 Å². The molecule has 0 saturated heterocycles. The Morgan fingerprint density at radius 3 is 2.50 bits per heavy atom. The minimum atomic E-state index is -0.558. The van der Waals surface area contributed by atoms with Gasteiger partial charge in [0.15, 0.2) is 6.29 Å². The first-order chi connectivity index (χ1) is 9.60. The second-order valence-corrected chi connectivity index (χ2v) is 5.50. The van der Waals surface area contributed by atoms with Gasteiger partial charge in [-0.1, -0.05) is 23.7 Å². The highest BCUT2D eigenvalue weighted by Gasteiger charge is 2.13. The van der Waals surface area contributed by atoms with Crippen LogP contribution in [0.15, 0.2) is 47.4 Å². The maximum absolute atomic E-state index is 10.9. The van der Waals surface area contributed by atoms with Gasteiger partial charge in [-0.15, -0.1) is 11.8 Å². The van der Waals surface area contributed by atoms with Gasteiger partial charge in [0.05, 0.1) is 10.5 Å². The molecule has 4 nitrogen and oxygen atoms in total. The van der Waals surface area contributed by atoms with Crippen molar-refractivity contribution in [1.29, 1.82) is 0 Å². The highest BCUT2D eigenvalue weighted by molar-refractivity contribution is 7.98. The van der Waals surface area contributed by atoms with E-state index in [9.17, 15) is 14.9 Å². The number of carbonyl (C=O) groups is 1. The Morgan fingerprint density at radius 2 is 1.90 bits per heavy atom. The van der Waals surface area contributed by atoms with Crippen LogP contribution in [0.5, 0.6) is 0 Å². The van der Waals surface area contributed by atoms with Crippen LogP contribution in [-0.4, -0.2) is 11.2 Å². The summed E-state index contributed by atoms with van der Waals surface area (Å²) < 4.78 is 0. The van der Waals surface area contributed by atoms with Gasteiger partial charge in [-0.3, -0.25) is 14.9 Å². The fourth-order valence-corrected chi connectivity index (χ4v) is 2.66. The Morgan fingerprint density at radius 1 is 1.20 bits per heavy atom. The zero-order chi connectivity index (χ0) is 14.5. The van der Waals surface area contributed by atoms with Crippen LogP contribution in [0.25, 0.3) is 0 Å². The maximum atomic E-state index is 10.9. The highest BCUT2D eigenvalue weighted by Crippen LogP contribution is 2.27. The fraction of sp³-hybridized carbons (Fsp3) is 0.0714. The van der Waals surface area contributed by atoms with Crippen molar-refractivity contribution in [2.45, 2.75) is 10.6 Å². The van der Waals surface area contributed by atoms with Crippen molar-refractivity contribution >= 4 is 35.3 Å². The molecule has 2 aromatic rings. The number of halogens is 1. The van der Waals surface area contributed by atoms with Gasteiger partial charge < -0.3 is 0 Å². The van der Waals surface area contributed by atoms with Gasteiger partial charge in [0.1, 0.15) is 0 Å². The molecule has 0 aliphatic carbocycles. The summed E-state index contributed by atoms with van der Waals surface area (Å²) in [4.78, 5) is 21.9. The first-order valence-corrected chi connectivity index (χ1v) is 7.07. The molecule has 0 unspecified atom stereocenters. The van der Waals surface area contributed by atoms with E-state index in [-0.39, 0.29) is 11.3 Å². The fourth-order valence-electron chi connectivity index (χ4n) is 1.63. The summed E-state index contributed by atoms with van der Waals surface area (Å²) in [6.45, 7) is 0. The number of nitro benzene ring substituents is 1. The molecule has 0 aromatic heterocycles. The van der Waals surface area contributed by atoms with E-state index in [0.717, 1.165) is 10.5 Å². The van der Waals surface area contributed by atoms with Crippen molar-refractivity contribution in [3.05, 3.63) is 68.7 Å². The van der Waals surface area contributed by atoms with Crippen molar-refractivity contribution in [1.82, 2.24) is 0 Å². The molecule has 0 atom stereocenters. The normalized spacial score (nSPS) is 10.2. The number of hydrogen-bond donors (Lipinski definition) is 0. The topological polar surface area (TPSA) is 60.2 Å². The van der Waals surface area contributed by atoms with Crippen LogP contribution >= 0.6 is 23.4 Å². The average molecular weight is 308 g/mol. The molecule has 0 fully saturated rings. The lowest BCUT2D eigenvalue weighted by Crippen LogP contribution is -1.94.